The second-order valence-electron chi connectivity index (χ2n) is 11.0. The summed E-state index contributed by atoms with van der Waals surface area (Å²) < 4.78 is 11.4. The summed E-state index contributed by atoms with van der Waals surface area (Å²) in [6.45, 7) is 5.52. The molecule has 0 bridgehead atoms. The van der Waals surface area contributed by atoms with Crippen LogP contribution in [0.5, 0.6) is 0 Å². The van der Waals surface area contributed by atoms with E-state index in [1.54, 1.807) is 14.2 Å². The molecule has 2 unspecified atom stereocenters. The summed E-state index contributed by atoms with van der Waals surface area (Å²) in [5, 5.41) is 7.50. The van der Waals surface area contributed by atoms with Gasteiger partial charge in [-0.1, -0.05) is 18.2 Å². The van der Waals surface area contributed by atoms with Crippen LogP contribution in [0.3, 0.4) is 0 Å². The molecule has 2 aliphatic heterocycles. The monoisotopic (exact) mass is 508 g/mol. The average Bonchev–Trinajstić information content (AvgIpc) is 3.13. The lowest BCUT2D eigenvalue weighted by molar-refractivity contribution is 0.0793. The zero-order valence-electron chi connectivity index (χ0n) is 22.8. The van der Waals surface area contributed by atoms with Crippen LogP contribution in [0.1, 0.15) is 56.2 Å². The fourth-order valence-electron chi connectivity index (χ4n) is 5.95. The number of rotatable bonds is 8. The molecule has 2 fully saturated rings. The predicted molar refractivity (Wildman–Crippen MR) is 150 cm³/mol. The Labute approximate surface area is 222 Å². The highest BCUT2D eigenvalue weighted by Gasteiger charge is 2.29. The molecule has 0 aromatic carbocycles. The summed E-state index contributed by atoms with van der Waals surface area (Å²) in [7, 11) is 5.65. The summed E-state index contributed by atoms with van der Waals surface area (Å²) in [6.07, 6.45) is 17.6. The van der Waals surface area contributed by atoms with E-state index in [2.05, 4.69) is 45.7 Å². The molecule has 5 rings (SSSR count). The molecule has 0 spiro atoms. The van der Waals surface area contributed by atoms with Crippen molar-refractivity contribution in [1.82, 2.24) is 19.8 Å². The van der Waals surface area contributed by atoms with E-state index >= 15 is 0 Å². The van der Waals surface area contributed by atoms with Crippen molar-refractivity contribution in [2.24, 2.45) is 0 Å². The molecule has 1 aromatic heterocycles. The molecule has 37 heavy (non-hydrogen) atoms. The van der Waals surface area contributed by atoms with Gasteiger partial charge in [-0.3, -0.25) is 4.90 Å². The van der Waals surface area contributed by atoms with Crippen LogP contribution in [0.15, 0.2) is 29.6 Å². The van der Waals surface area contributed by atoms with Crippen molar-refractivity contribution in [2.75, 3.05) is 64.6 Å². The van der Waals surface area contributed by atoms with Crippen molar-refractivity contribution in [1.29, 1.82) is 0 Å². The minimum absolute atomic E-state index is 0.114. The van der Waals surface area contributed by atoms with Gasteiger partial charge in [-0.15, -0.1) is 0 Å². The molecule has 2 aliphatic carbocycles. The second kappa shape index (κ2) is 12.4. The Morgan fingerprint density at radius 2 is 1.78 bits per heavy atom. The summed E-state index contributed by atoms with van der Waals surface area (Å²) >= 11 is 0. The van der Waals surface area contributed by atoms with Crippen LogP contribution in [0.4, 0.5) is 11.8 Å². The standard InChI is InChI=1S/C29H44N6O2/c1-34-14-7-10-22(11-15-34)31-29-32-25-19-27(37-3)26(36-2)18-24(25)28(33-29)30-23-12-16-35(17-13-23)20-21-8-5-4-6-9-21/h5,8-9,19,22-23,26H,4,6-7,10-18,20H2,1-3H3,(H2,30,31,32,33). The third kappa shape index (κ3) is 6.72. The Balaban J connectivity index is 1.31. The van der Waals surface area contributed by atoms with E-state index in [1.165, 1.54) is 24.8 Å². The topological polar surface area (TPSA) is 74.8 Å². The number of hydrogen-bond acceptors (Lipinski definition) is 8. The van der Waals surface area contributed by atoms with Crippen molar-refractivity contribution in [3.05, 3.63) is 40.8 Å². The average molecular weight is 509 g/mol. The fraction of sp³-hybridized carbons (Fsp3) is 0.655. The normalized spacial score (nSPS) is 25.6. The summed E-state index contributed by atoms with van der Waals surface area (Å²) in [4.78, 5) is 15.0. The molecular formula is C29H44N6O2. The van der Waals surface area contributed by atoms with Crippen LogP contribution < -0.4 is 10.6 Å². The van der Waals surface area contributed by atoms with Crippen molar-refractivity contribution in [2.45, 2.75) is 69.6 Å². The molecule has 0 amide bonds. The van der Waals surface area contributed by atoms with Crippen molar-refractivity contribution in [3.8, 4) is 0 Å². The van der Waals surface area contributed by atoms with Gasteiger partial charge in [0.05, 0.1) is 12.8 Å². The number of methoxy groups -OCH3 is 2. The minimum Gasteiger partial charge on any atom is -0.498 e. The third-order valence-electron chi connectivity index (χ3n) is 8.24. The lowest BCUT2D eigenvalue weighted by atomic mass is 9.97. The molecule has 2 saturated heterocycles. The summed E-state index contributed by atoms with van der Waals surface area (Å²) in [5.74, 6) is 2.48. The maximum Gasteiger partial charge on any atom is 0.225 e. The number of allylic oxidation sites excluding steroid dienone is 2. The van der Waals surface area contributed by atoms with Gasteiger partial charge in [0.1, 0.15) is 17.7 Å². The van der Waals surface area contributed by atoms with Gasteiger partial charge in [0.25, 0.3) is 0 Å². The highest BCUT2D eigenvalue weighted by atomic mass is 16.5. The first-order chi connectivity index (χ1) is 18.1. The number of piperidine rings is 1. The van der Waals surface area contributed by atoms with Gasteiger partial charge in [-0.25, -0.2) is 4.98 Å². The maximum absolute atomic E-state index is 5.74. The van der Waals surface area contributed by atoms with E-state index in [9.17, 15) is 0 Å². The van der Waals surface area contributed by atoms with Crippen molar-refractivity contribution < 1.29 is 9.47 Å². The molecule has 0 radical (unpaired) electrons. The highest BCUT2D eigenvalue weighted by Crippen LogP contribution is 2.32. The summed E-state index contributed by atoms with van der Waals surface area (Å²) in [6, 6.07) is 0.794. The number of likely N-dealkylation sites (tertiary alicyclic amines) is 2. The predicted octanol–water partition coefficient (Wildman–Crippen LogP) is 4.08. The Kier molecular flexibility index (Phi) is 8.79. The SMILES string of the molecule is COC1=Cc2nc(NC3CCCN(C)CC3)nc(NC3CCN(CC4=CCCC=C4)CC3)c2CC1OC. The lowest BCUT2D eigenvalue weighted by Crippen LogP contribution is -2.40. The van der Waals surface area contributed by atoms with E-state index < -0.39 is 0 Å². The molecule has 4 aliphatic rings. The van der Waals surface area contributed by atoms with Gasteiger partial charge < -0.3 is 25.0 Å². The number of fused-ring (bicyclic) bond motifs is 1. The number of hydrogen-bond donors (Lipinski definition) is 2. The third-order valence-corrected chi connectivity index (χ3v) is 8.24. The molecule has 2 atom stereocenters. The molecular weight excluding hydrogens is 464 g/mol. The van der Waals surface area contributed by atoms with Crippen molar-refractivity contribution in [3.63, 3.8) is 0 Å². The molecule has 8 heteroatoms. The Hall–Kier alpha value is -2.42. The van der Waals surface area contributed by atoms with Gasteiger partial charge >= 0.3 is 0 Å². The zero-order chi connectivity index (χ0) is 25.6. The number of nitrogens with one attached hydrogen (secondary N) is 2. The van der Waals surface area contributed by atoms with E-state index in [0.717, 1.165) is 81.2 Å². The molecule has 202 valence electrons. The van der Waals surface area contributed by atoms with Crippen LogP contribution >= 0.6 is 0 Å². The maximum atomic E-state index is 5.74. The minimum atomic E-state index is -0.114. The molecule has 8 nitrogen and oxygen atoms in total. The smallest absolute Gasteiger partial charge is 0.225 e. The molecule has 1 aromatic rings. The molecule has 2 N–H and O–H groups in total. The van der Waals surface area contributed by atoms with E-state index in [1.807, 2.05) is 6.08 Å². The Bertz CT molecular complexity index is 1010. The fourth-order valence-corrected chi connectivity index (χ4v) is 5.95. The Morgan fingerprint density at radius 3 is 2.54 bits per heavy atom. The first kappa shape index (κ1) is 26.2. The number of ether oxygens (including phenoxy) is 2. The summed E-state index contributed by atoms with van der Waals surface area (Å²) in [5.41, 5.74) is 3.53. The van der Waals surface area contributed by atoms with Gasteiger partial charge in [-0.2, -0.15) is 4.98 Å². The van der Waals surface area contributed by atoms with E-state index in [0.29, 0.717) is 24.5 Å². The van der Waals surface area contributed by atoms with Crippen LogP contribution in [0.25, 0.3) is 6.08 Å². The highest BCUT2D eigenvalue weighted by molar-refractivity contribution is 5.65. The molecule has 3 heterocycles. The number of aromatic nitrogens is 2. The van der Waals surface area contributed by atoms with Crippen LogP contribution in [0, 0.1) is 0 Å². The van der Waals surface area contributed by atoms with E-state index in [4.69, 9.17) is 19.4 Å². The zero-order valence-corrected chi connectivity index (χ0v) is 22.8. The van der Waals surface area contributed by atoms with Crippen LogP contribution in [0.2, 0.25) is 0 Å². The number of anilines is 2. The van der Waals surface area contributed by atoms with Crippen LogP contribution in [-0.2, 0) is 15.9 Å². The van der Waals surface area contributed by atoms with Crippen molar-refractivity contribution >= 4 is 17.8 Å². The van der Waals surface area contributed by atoms with Crippen LogP contribution in [-0.4, -0.2) is 91.9 Å². The first-order valence-electron chi connectivity index (χ1n) is 14.1. The second-order valence-corrected chi connectivity index (χ2v) is 11.0. The largest absolute Gasteiger partial charge is 0.498 e. The lowest BCUT2D eigenvalue weighted by Gasteiger charge is -2.34. The van der Waals surface area contributed by atoms with Gasteiger partial charge in [0.15, 0.2) is 0 Å². The first-order valence-corrected chi connectivity index (χ1v) is 14.1. The van der Waals surface area contributed by atoms with Gasteiger partial charge in [-0.05, 0) is 70.7 Å². The van der Waals surface area contributed by atoms with Gasteiger partial charge in [0, 0.05) is 56.9 Å². The Morgan fingerprint density at radius 1 is 0.973 bits per heavy atom. The van der Waals surface area contributed by atoms with E-state index in [-0.39, 0.29) is 6.10 Å². The van der Waals surface area contributed by atoms with Gasteiger partial charge in [0.2, 0.25) is 5.95 Å². The number of nitrogens with zero attached hydrogens (tertiary/aromatic N) is 4. The molecule has 0 saturated carbocycles. The quantitative estimate of drug-likeness (QED) is 0.544.